The molecule has 0 aliphatic rings. The number of hydrogen-bond acceptors (Lipinski definition) is 1. The highest BCUT2D eigenvalue weighted by atomic mass is 19.1. The number of rotatable bonds is 4. The molecule has 31 heavy (non-hydrogen) atoms. The van der Waals surface area contributed by atoms with Crippen molar-refractivity contribution < 1.29 is 8.96 Å². The second kappa shape index (κ2) is 7.92. The number of aromatic nitrogens is 3. The van der Waals surface area contributed by atoms with Crippen molar-refractivity contribution in [3.05, 3.63) is 76.9 Å². The number of imidazole rings is 1. The van der Waals surface area contributed by atoms with Gasteiger partial charge >= 0.3 is 0 Å². The molecular formula is C27H31FN3+. The van der Waals surface area contributed by atoms with Gasteiger partial charge in [0.1, 0.15) is 11.3 Å². The van der Waals surface area contributed by atoms with E-state index < -0.39 is 5.95 Å². The number of para-hydroxylation sites is 1. The Bertz CT molecular complexity index is 1240. The minimum atomic E-state index is -0.440. The van der Waals surface area contributed by atoms with E-state index in [1.807, 2.05) is 20.0 Å². The molecule has 0 atom stereocenters. The highest BCUT2D eigenvalue weighted by molar-refractivity contribution is 5.78. The Hall–Kier alpha value is -3.01. The first-order valence-corrected chi connectivity index (χ1v) is 11.0. The van der Waals surface area contributed by atoms with Crippen LogP contribution in [0.1, 0.15) is 61.8 Å². The van der Waals surface area contributed by atoms with Crippen molar-refractivity contribution in [1.29, 1.82) is 0 Å². The van der Waals surface area contributed by atoms with Crippen LogP contribution in [0, 0.1) is 19.8 Å². The first-order valence-electron chi connectivity index (χ1n) is 11.0. The number of benzene rings is 2. The largest absolute Gasteiger partial charge is 0.299 e. The molecule has 0 saturated carbocycles. The number of nitrogens with zero attached hydrogens (tertiary/aromatic N) is 3. The van der Waals surface area contributed by atoms with Crippen molar-refractivity contribution in [2.75, 3.05) is 0 Å². The van der Waals surface area contributed by atoms with Crippen molar-refractivity contribution in [2.24, 2.45) is 7.05 Å². The fourth-order valence-corrected chi connectivity index (χ4v) is 4.54. The first kappa shape index (κ1) is 21.2. The van der Waals surface area contributed by atoms with E-state index in [1.165, 1.54) is 22.9 Å². The van der Waals surface area contributed by atoms with Crippen molar-refractivity contribution in [3.8, 4) is 17.1 Å². The Morgan fingerprint density at radius 3 is 2.16 bits per heavy atom. The van der Waals surface area contributed by atoms with Gasteiger partial charge in [0.15, 0.2) is 11.0 Å². The zero-order valence-corrected chi connectivity index (χ0v) is 19.5. The molecule has 3 nitrogen and oxygen atoms in total. The molecular weight excluding hydrogens is 385 g/mol. The van der Waals surface area contributed by atoms with Crippen LogP contribution in [0.4, 0.5) is 4.39 Å². The summed E-state index contributed by atoms with van der Waals surface area (Å²) in [6.07, 6.45) is 1.53. The lowest BCUT2D eigenvalue weighted by Gasteiger charge is -2.18. The fourth-order valence-electron chi connectivity index (χ4n) is 4.54. The second-order valence-corrected chi connectivity index (χ2v) is 9.10. The number of halogens is 1. The van der Waals surface area contributed by atoms with E-state index >= 15 is 4.39 Å². The minimum Gasteiger partial charge on any atom is -0.228 e. The van der Waals surface area contributed by atoms with Gasteiger partial charge in [0.25, 0.3) is 5.82 Å². The predicted molar refractivity (Wildman–Crippen MR) is 125 cm³/mol. The molecule has 160 valence electrons. The Labute approximate surface area is 184 Å². The van der Waals surface area contributed by atoms with Crippen LogP contribution in [0.3, 0.4) is 0 Å². The maximum absolute atomic E-state index is 15.2. The third kappa shape index (κ3) is 3.44. The highest BCUT2D eigenvalue weighted by Gasteiger charge is 2.33. The summed E-state index contributed by atoms with van der Waals surface area (Å²) in [5.74, 6) is 1.03. The van der Waals surface area contributed by atoms with Gasteiger partial charge in [-0.2, -0.15) is 8.96 Å². The van der Waals surface area contributed by atoms with Crippen LogP contribution in [0.25, 0.3) is 28.1 Å². The minimum absolute atomic E-state index is 0.328. The van der Waals surface area contributed by atoms with E-state index in [4.69, 9.17) is 0 Å². The van der Waals surface area contributed by atoms with Gasteiger partial charge in [-0.05, 0) is 55.0 Å². The number of aryl methyl sites for hydroxylation is 3. The lowest BCUT2D eigenvalue weighted by Crippen LogP contribution is -2.36. The van der Waals surface area contributed by atoms with Gasteiger partial charge in [-0.25, -0.2) is 9.55 Å². The number of fused-ring (bicyclic) bond motifs is 1. The van der Waals surface area contributed by atoms with Crippen LogP contribution >= 0.6 is 0 Å². The highest BCUT2D eigenvalue weighted by Crippen LogP contribution is 2.34. The van der Waals surface area contributed by atoms with Crippen LogP contribution in [-0.4, -0.2) is 9.55 Å². The molecule has 0 aliphatic carbocycles. The summed E-state index contributed by atoms with van der Waals surface area (Å²) in [4.78, 5) is 4.00. The van der Waals surface area contributed by atoms with E-state index in [2.05, 4.69) is 85.1 Å². The quantitative estimate of drug-likeness (QED) is 0.274. The van der Waals surface area contributed by atoms with Gasteiger partial charge in [-0.15, -0.1) is 0 Å². The SMILES string of the molecule is Cc1ccc2c(c1)n(C)c(-c1c(C)ccnc1F)[n+]2-c1c(C(C)C)cccc1C(C)C. The maximum Gasteiger partial charge on any atom is 0.299 e. The summed E-state index contributed by atoms with van der Waals surface area (Å²) in [5, 5.41) is 0. The van der Waals surface area contributed by atoms with Crippen molar-refractivity contribution in [1.82, 2.24) is 9.55 Å². The number of pyridine rings is 1. The Morgan fingerprint density at radius 2 is 1.58 bits per heavy atom. The van der Waals surface area contributed by atoms with Gasteiger partial charge in [-0.1, -0.05) is 52.0 Å². The summed E-state index contributed by atoms with van der Waals surface area (Å²) in [6, 6.07) is 14.9. The van der Waals surface area contributed by atoms with Crippen LogP contribution in [0.15, 0.2) is 48.7 Å². The van der Waals surface area contributed by atoms with Gasteiger partial charge in [0, 0.05) is 17.3 Å². The molecule has 4 aromatic rings. The average Bonchev–Trinajstić information content (AvgIpc) is 2.99. The van der Waals surface area contributed by atoms with E-state index in [-0.39, 0.29) is 0 Å². The van der Waals surface area contributed by atoms with E-state index in [0.29, 0.717) is 17.4 Å². The third-order valence-electron chi connectivity index (χ3n) is 6.17. The molecule has 2 aromatic carbocycles. The van der Waals surface area contributed by atoms with Crippen LogP contribution in [-0.2, 0) is 7.05 Å². The standard InChI is InChI=1S/C27H31FN3/c1-16(2)20-9-8-10-21(17(3)4)25(20)31-22-12-11-18(5)15-23(22)30(7)27(31)24-19(6)13-14-29-26(24)28/h8-17H,1-7H3/q+1. The van der Waals surface area contributed by atoms with E-state index in [9.17, 15) is 0 Å². The molecule has 2 aromatic heterocycles. The summed E-state index contributed by atoms with van der Waals surface area (Å²) in [5.41, 5.74) is 8.41. The van der Waals surface area contributed by atoms with Gasteiger partial charge in [0.2, 0.25) is 5.95 Å². The maximum atomic E-state index is 15.2. The summed E-state index contributed by atoms with van der Waals surface area (Å²) in [6.45, 7) is 12.9. The van der Waals surface area contributed by atoms with Gasteiger partial charge in [0.05, 0.1) is 7.05 Å². The zero-order valence-electron chi connectivity index (χ0n) is 19.5. The molecule has 0 spiro atoms. The molecule has 0 aliphatic heterocycles. The molecule has 0 bridgehead atoms. The lowest BCUT2D eigenvalue weighted by molar-refractivity contribution is -0.557. The predicted octanol–water partition coefficient (Wildman–Crippen LogP) is 6.52. The molecule has 2 heterocycles. The molecule has 4 rings (SSSR count). The second-order valence-electron chi connectivity index (χ2n) is 9.10. The fraction of sp³-hybridized carbons (Fsp3) is 0.333. The Morgan fingerprint density at radius 1 is 0.935 bits per heavy atom. The molecule has 0 N–H and O–H groups in total. The topological polar surface area (TPSA) is 21.7 Å². The van der Waals surface area contributed by atoms with E-state index in [0.717, 1.165) is 28.1 Å². The van der Waals surface area contributed by atoms with Crippen molar-refractivity contribution in [3.63, 3.8) is 0 Å². The molecule has 0 unspecified atom stereocenters. The Kier molecular flexibility index (Phi) is 5.42. The molecule has 0 fully saturated rings. The molecule has 0 saturated heterocycles. The third-order valence-corrected chi connectivity index (χ3v) is 6.17. The monoisotopic (exact) mass is 416 g/mol. The first-order chi connectivity index (χ1) is 14.7. The zero-order chi connectivity index (χ0) is 22.4. The average molecular weight is 417 g/mol. The van der Waals surface area contributed by atoms with Gasteiger partial charge in [-0.3, -0.25) is 0 Å². The lowest BCUT2D eigenvalue weighted by atomic mass is 9.92. The van der Waals surface area contributed by atoms with E-state index in [1.54, 1.807) is 0 Å². The van der Waals surface area contributed by atoms with Crippen LogP contribution in [0.2, 0.25) is 0 Å². The van der Waals surface area contributed by atoms with Crippen molar-refractivity contribution >= 4 is 11.0 Å². The normalized spacial score (nSPS) is 11.8. The summed E-state index contributed by atoms with van der Waals surface area (Å²) >= 11 is 0. The smallest absolute Gasteiger partial charge is 0.228 e. The van der Waals surface area contributed by atoms with Crippen LogP contribution in [0.5, 0.6) is 0 Å². The van der Waals surface area contributed by atoms with Crippen LogP contribution < -0.4 is 4.57 Å². The number of hydrogen-bond donors (Lipinski definition) is 0. The summed E-state index contributed by atoms with van der Waals surface area (Å²) in [7, 11) is 2.02. The molecule has 4 heteroatoms. The summed E-state index contributed by atoms with van der Waals surface area (Å²) < 4.78 is 19.6. The Balaban J connectivity index is 2.26. The molecule has 0 radical (unpaired) electrons. The molecule has 0 amide bonds. The van der Waals surface area contributed by atoms with Crippen molar-refractivity contribution in [2.45, 2.75) is 53.4 Å². The van der Waals surface area contributed by atoms with Gasteiger partial charge < -0.3 is 0 Å².